The lowest BCUT2D eigenvalue weighted by atomic mass is 10.1. The number of nitrogens with zero attached hydrogens (tertiary/aromatic N) is 4. The van der Waals surface area contributed by atoms with E-state index in [2.05, 4.69) is 60.2 Å². The molecular formula is C16H32N6O. The molecule has 0 fully saturated rings. The highest BCUT2D eigenvalue weighted by Crippen LogP contribution is 2.23. The Morgan fingerprint density at radius 3 is 1.78 bits per heavy atom. The van der Waals surface area contributed by atoms with Crippen LogP contribution in [0.3, 0.4) is 0 Å². The Bertz CT molecular complexity index is 446. The first-order valence-electron chi connectivity index (χ1n) is 8.48. The lowest BCUT2D eigenvalue weighted by molar-refractivity contribution is 0.0187. The Labute approximate surface area is 140 Å². The summed E-state index contributed by atoms with van der Waals surface area (Å²) in [7, 11) is 0. The van der Waals surface area contributed by atoms with Gasteiger partial charge in [0.15, 0.2) is 0 Å². The third kappa shape index (κ3) is 6.56. The molecule has 1 heterocycles. The summed E-state index contributed by atoms with van der Waals surface area (Å²) in [5.41, 5.74) is -0.268. The maximum absolute atomic E-state index is 5.94. The number of hydroxylamine groups is 1. The van der Waals surface area contributed by atoms with Crippen molar-refractivity contribution in [2.24, 2.45) is 0 Å². The highest BCUT2D eigenvalue weighted by atomic mass is 16.7. The minimum Gasteiger partial charge on any atom is -0.354 e. The smallest absolute Gasteiger partial charge is 0.256 e. The van der Waals surface area contributed by atoms with Crippen LogP contribution in [0.4, 0.5) is 17.8 Å². The molecule has 0 saturated carbocycles. The van der Waals surface area contributed by atoms with Crippen molar-refractivity contribution in [3.05, 3.63) is 0 Å². The summed E-state index contributed by atoms with van der Waals surface area (Å²) >= 11 is 0. The SMILES string of the molecule is CCCNc1nc(NCCC)nc(N(OC(C)C)C(C)(C)C)n1. The summed E-state index contributed by atoms with van der Waals surface area (Å²) < 4.78 is 0. The number of rotatable bonds is 9. The van der Waals surface area contributed by atoms with E-state index in [9.17, 15) is 0 Å². The van der Waals surface area contributed by atoms with Gasteiger partial charge in [0.2, 0.25) is 11.9 Å². The molecule has 0 aliphatic heterocycles. The summed E-state index contributed by atoms with van der Waals surface area (Å²) in [5.74, 6) is 1.65. The van der Waals surface area contributed by atoms with Gasteiger partial charge in [0, 0.05) is 13.1 Å². The van der Waals surface area contributed by atoms with Gasteiger partial charge in [0.05, 0.1) is 11.6 Å². The fourth-order valence-corrected chi connectivity index (χ4v) is 1.80. The number of aromatic nitrogens is 3. The van der Waals surface area contributed by atoms with Crippen molar-refractivity contribution in [2.75, 3.05) is 28.8 Å². The van der Waals surface area contributed by atoms with E-state index in [0.717, 1.165) is 25.9 Å². The van der Waals surface area contributed by atoms with E-state index >= 15 is 0 Å². The predicted molar refractivity (Wildman–Crippen MR) is 95.8 cm³/mol. The standard InChI is InChI=1S/C16H32N6O/c1-8-10-17-13-19-14(18-11-9-2)21-15(20-13)22(16(5,6)7)23-12(3)4/h12H,8-11H2,1-7H3,(H2,17,18,19,20,21). The van der Waals surface area contributed by atoms with Gasteiger partial charge in [-0.25, -0.2) is 5.06 Å². The Balaban J connectivity index is 3.17. The molecule has 0 aromatic carbocycles. The highest BCUT2D eigenvalue weighted by molar-refractivity contribution is 5.43. The summed E-state index contributed by atoms with van der Waals surface area (Å²) in [6.45, 7) is 16.0. The molecule has 7 heteroatoms. The first kappa shape index (κ1) is 19.4. The summed E-state index contributed by atoms with van der Waals surface area (Å²) in [6, 6.07) is 0. The second-order valence-corrected chi connectivity index (χ2v) is 6.76. The van der Waals surface area contributed by atoms with Gasteiger partial charge in [-0.05, 0) is 47.5 Å². The highest BCUT2D eigenvalue weighted by Gasteiger charge is 2.27. The number of anilines is 3. The summed E-state index contributed by atoms with van der Waals surface area (Å²) in [5, 5.41) is 8.21. The molecule has 0 amide bonds. The number of hydrogen-bond acceptors (Lipinski definition) is 7. The minimum absolute atomic E-state index is 0.0325. The van der Waals surface area contributed by atoms with Crippen molar-refractivity contribution in [3.63, 3.8) is 0 Å². The van der Waals surface area contributed by atoms with E-state index in [4.69, 9.17) is 4.84 Å². The molecule has 1 rings (SSSR count). The van der Waals surface area contributed by atoms with Crippen LogP contribution in [0.2, 0.25) is 0 Å². The van der Waals surface area contributed by atoms with Gasteiger partial charge < -0.3 is 10.6 Å². The molecule has 23 heavy (non-hydrogen) atoms. The molecule has 2 N–H and O–H groups in total. The fraction of sp³-hybridized carbons (Fsp3) is 0.812. The predicted octanol–water partition coefficient (Wildman–Crippen LogP) is 3.46. The Morgan fingerprint density at radius 1 is 0.957 bits per heavy atom. The zero-order valence-corrected chi connectivity index (χ0v) is 15.6. The first-order chi connectivity index (χ1) is 10.8. The van der Waals surface area contributed by atoms with E-state index in [1.54, 1.807) is 5.06 Å². The van der Waals surface area contributed by atoms with Gasteiger partial charge in [0.1, 0.15) is 0 Å². The number of hydrogen-bond donors (Lipinski definition) is 2. The third-order valence-corrected chi connectivity index (χ3v) is 2.80. The summed E-state index contributed by atoms with van der Waals surface area (Å²) in [4.78, 5) is 19.4. The van der Waals surface area contributed by atoms with Gasteiger partial charge in [-0.3, -0.25) is 4.84 Å². The zero-order valence-electron chi connectivity index (χ0n) is 15.6. The van der Waals surface area contributed by atoms with Gasteiger partial charge in [-0.15, -0.1) is 0 Å². The monoisotopic (exact) mass is 324 g/mol. The molecule has 0 spiro atoms. The van der Waals surface area contributed by atoms with Crippen LogP contribution in [0, 0.1) is 0 Å². The number of nitrogens with one attached hydrogen (secondary N) is 2. The van der Waals surface area contributed by atoms with E-state index < -0.39 is 0 Å². The Hall–Kier alpha value is -1.63. The third-order valence-electron chi connectivity index (χ3n) is 2.80. The average Bonchev–Trinajstić information content (AvgIpc) is 2.47. The van der Waals surface area contributed by atoms with Crippen LogP contribution in [0.25, 0.3) is 0 Å². The van der Waals surface area contributed by atoms with E-state index in [-0.39, 0.29) is 11.6 Å². The molecule has 0 aliphatic rings. The van der Waals surface area contributed by atoms with Gasteiger partial charge in [-0.2, -0.15) is 15.0 Å². The quantitative estimate of drug-likeness (QED) is 0.674. The van der Waals surface area contributed by atoms with Crippen molar-refractivity contribution >= 4 is 17.8 Å². The van der Waals surface area contributed by atoms with Crippen LogP contribution in [0.1, 0.15) is 61.3 Å². The van der Waals surface area contributed by atoms with Crippen LogP contribution < -0.4 is 15.7 Å². The van der Waals surface area contributed by atoms with Crippen LogP contribution in [-0.2, 0) is 4.84 Å². The molecule has 0 aliphatic carbocycles. The van der Waals surface area contributed by atoms with Crippen LogP contribution >= 0.6 is 0 Å². The maximum Gasteiger partial charge on any atom is 0.256 e. The molecule has 1 aromatic rings. The molecule has 7 nitrogen and oxygen atoms in total. The molecule has 0 atom stereocenters. The van der Waals surface area contributed by atoms with Crippen molar-refractivity contribution in [2.45, 2.75) is 73.0 Å². The molecule has 1 aromatic heterocycles. The van der Waals surface area contributed by atoms with E-state index in [1.165, 1.54) is 0 Å². The average molecular weight is 324 g/mol. The lowest BCUT2D eigenvalue weighted by Crippen LogP contribution is -2.44. The summed E-state index contributed by atoms with van der Waals surface area (Å²) in [6.07, 6.45) is 2.04. The van der Waals surface area contributed by atoms with Crippen LogP contribution in [0.15, 0.2) is 0 Å². The lowest BCUT2D eigenvalue weighted by Gasteiger charge is -2.35. The second-order valence-electron chi connectivity index (χ2n) is 6.76. The zero-order chi connectivity index (χ0) is 17.5. The normalized spacial score (nSPS) is 11.7. The second kappa shape index (κ2) is 8.86. The fourth-order valence-electron chi connectivity index (χ4n) is 1.80. The van der Waals surface area contributed by atoms with Gasteiger partial charge in [0.25, 0.3) is 5.95 Å². The molecular weight excluding hydrogens is 292 g/mol. The van der Waals surface area contributed by atoms with Gasteiger partial charge >= 0.3 is 0 Å². The largest absolute Gasteiger partial charge is 0.354 e. The van der Waals surface area contributed by atoms with Crippen molar-refractivity contribution in [1.82, 2.24) is 15.0 Å². The van der Waals surface area contributed by atoms with Crippen molar-refractivity contribution in [3.8, 4) is 0 Å². The molecule has 0 radical (unpaired) electrons. The minimum atomic E-state index is -0.268. The van der Waals surface area contributed by atoms with Crippen molar-refractivity contribution < 1.29 is 4.84 Å². The van der Waals surface area contributed by atoms with Crippen molar-refractivity contribution in [1.29, 1.82) is 0 Å². The Kier molecular flexibility index (Phi) is 7.48. The van der Waals surface area contributed by atoms with Crippen LogP contribution in [-0.4, -0.2) is 39.7 Å². The van der Waals surface area contributed by atoms with Gasteiger partial charge in [-0.1, -0.05) is 13.8 Å². The molecule has 0 saturated heterocycles. The molecule has 132 valence electrons. The first-order valence-corrected chi connectivity index (χ1v) is 8.48. The van der Waals surface area contributed by atoms with Crippen LogP contribution in [0.5, 0.6) is 0 Å². The van der Waals surface area contributed by atoms with E-state index in [1.807, 2.05) is 13.8 Å². The Morgan fingerprint density at radius 2 is 1.43 bits per heavy atom. The molecule has 0 unspecified atom stereocenters. The topological polar surface area (TPSA) is 75.2 Å². The maximum atomic E-state index is 5.94. The molecule has 0 bridgehead atoms. The van der Waals surface area contributed by atoms with E-state index in [0.29, 0.717) is 17.8 Å².